The molecule has 0 amide bonds. The molecule has 1 saturated carbocycles. The van der Waals surface area contributed by atoms with E-state index in [1.165, 1.54) is 32.2 Å². The third-order valence-corrected chi connectivity index (χ3v) is 4.54. The van der Waals surface area contributed by atoms with Crippen LogP contribution in [-0.2, 0) is 0 Å². The summed E-state index contributed by atoms with van der Waals surface area (Å²) in [6, 6.07) is 0.634. The molecule has 90 valence electrons. The quantitative estimate of drug-likeness (QED) is 0.704. The lowest BCUT2D eigenvalue weighted by Crippen LogP contribution is -2.42. The zero-order valence-corrected chi connectivity index (χ0v) is 11.3. The Bertz CT molecular complexity index is 174. The van der Waals surface area contributed by atoms with Gasteiger partial charge in [-0.2, -0.15) is 0 Å². The second kappa shape index (κ2) is 5.34. The maximum absolute atomic E-state index is 3.56. The topological polar surface area (TPSA) is 12.0 Å². The molecule has 1 atom stereocenters. The molecule has 1 nitrogen and oxygen atoms in total. The second-order valence-corrected chi connectivity index (χ2v) is 5.92. The van der Waals surface area contributed by atoms with Crippen molar-refractivity contribution in [2.45, 2.75) is 66.3 Å². The Labute approximate surface area is 96.0 Å². The first-order valence-corrected chi connectivity index (χ1v) is 6.76. The average molecular weight is 211 g/mol. The fourth-order valence-corrected chi connectivity index (χ4v) is 2.87. The molecule has 1 rings (SSSR count). The maximum atomic E-state index is 3.56. The monoisotopic (exact) mass is 211 g/mol. The lowest BCUT2D eigenvalue weighted by molar-refractivity contribution is 0.0131. The van der Waals surface area contributed by atoms with Crippen LogP contribution < -0.4 is 5.32 Å². The van der Waals surface area contributed by atoms with E-state index in [4.69, 9.17) is 0 Å². The van der Waals surface area contributed by atoms with Crippen LogP contribution in [0.4, 0.5) is 0 Å². The van der Waals surface area contributed by atoms with Crippen molar-refractivity contribution >= 4 is 0 Å². The Hall–Kier alpha value is -0.0400. The van der Waals surface area contributed by atoms with Crippen molar-refractivity contribution in [3.8, 4) is 0 Å². The first-order valence-electron chi connectivity index (χ1n) is 6.76. The SMILES string of the molecule is CCC1(CC)CC(C(C)CNC(C)C)C1. The summed E-state index contributed by atoms with van der Waals surface area (Å²) < 4.78 is 0. The van der Waals surface area contributed by atoms with E-state index >= 15 is 0 Å². The van der Waals surface area contributed by atoms with Crippen LogP contribution in [0.3, 0.4) is 0 Å². The van der Waals surface area contributed by atoms with Crippen LogP contribution >= 0.6 is 0 Å². The van der Waals surface area contributed by atoms with Gasteiger partial charge in [0.25, 0.3) is 0 Å². The predicted octanol–water partition coefficient (Wildman–Crippen LogP) is 3.84. The van der Waals surface area contributed by atoms with Crippen LogP contribution in [-0.4, -0.2) is 12.6 Å². The van der Waals surface area contributed by atoms with Crippen molar-refractivity contribution in [1.29, 1.82) is 0 Å². The summed E-state index contributed by atoms with van der Waals surface area (Å²) in [5.41, 5.74) is 0.719. The van der Waals surface area contributed by atoms with Crippen LogP contribution in [0.2, 0.25) is 0 Å². The van der Waals surface area contributed by atoms with E-state index in [1.54, 1.807) is 0 Å². The number of nitrogens with one attached hydrogen (secondary N) is 1. The summed E-state index contributed by atoms with van der Waals surface area (Å²) in [6.07, 6.45) is 5.70. The third kappa shape index (κ3) is 3.21. The summed E-state index contributed by atoms with van der Waals surface area (Å²) in [6.45, 7) is 12.8. The molecule has 15 heavy (non-hydrogen) atoms. The molecule has 0 bridgehead atoms. The summed E-state index contributed by atoms with van der Waals surface area (Å²) in [5.74, 6) is 1.84. The fourth-order valence-electron chi connectivity index (χ4n) is 2.87. The van der Waals surface area contributed by atoms with Gasteiger partial charge < -0.3 is 5.32 Å². The zero-order chi connectivity index (χ0) is 11.5. The standard InChI is InChI=1S/C14H29N/c1-6-14(7-2)8-13(9-14)12(5)10-15-11(3)4/h11-13,15H,6-10H2,1-5H3. The van der Waals surface area contributed by atoms with E-state index in [1.807, 2.05) is 0 Å². The molecule has 1 heteroatoms. The van der Waals surface area contributed by atoms with Gasteiger partial charge in [-0.25, -0.2) is 0 Å². The van der Waals surface area contributed by atoms with Crippen molar-refractivity contribution in [3.05, 3.63) is 0 Å². The highest BCUT2D eigenvalue weighted by Gasteiger charge is 2.42. The lowest BCUT2D eigenvalue weighted by atomic mass is 9.56. The minimum absolute atomic E-state index is 0.634. The highest BCUT2D eigenvalue weighted by molar-refractivity contribution is 4.94. The van der Waals surface area contributed by atoms with Crippen LogP contribution in [0, 0.1) is 17.3 Å². The first-order chi connectivity index (χ1) is 7.03. The Kier molecular flexibility index (Phi) is 4.64. The van der Waals surface area contributed by atoms with E-state index in [-0.39, 0.29) is 0 Å². The highest BCUT2D eigenvalue weighted by atomic mass is 14.9. The molecule has 1 aliphatic rings. The number of rotatable bonds is 6. The van der Waals surface area contributed by atoms with E-state index < -0.39 is 0 Å². The summed E-state index contributed by atoms with van der Waals surface area (Å²) in [7, 11) is 0. The van der Waals surface area contributed by atoms with Gasteiger partial charge in [-0.15, -0.1) is 0 Å². The molecule has 0 aromatic heterocycles. The number of hydrogen-bond acceptors (Lipinski definition) is 1. The van der Waals surface area contributed by atoms with Crippen LogP contribution in [0.25, 0.3) is 0 Å². The van der Waals surface area contributed by atoms with Gasteiger partial charge in [0.2, 0.25) is 0 Å². The van der Waals surface area contributed by atoms with Gasteiger partial charge >= 0.3 is 0 Å². The van der Waals surface area contributed by atoms with E-state index in [9.17, 15) is 0 Å². The molecule has 1 fully saturated rings. The molecular formula is C14H29N. The largest absolute Gasteiger partial charge is 0.314 e. The molecule has 0 aliphatic heterocycles. The zero-order valence-electron chi connectivity index (χ0n) is 11.3. The summed E-state index contributed by atoms with van der Waals surface area (Å²) in [4.78, 5) is 0. The Morgan fingerprint density at radius 1 is 1.13 bits per heavy atom. The predicted molar refractivity (Wildman–Crippen MR) is 68.0 cm³/mol. The molecule has 0 heterocycles. The normalized spacial score (nSPS) is 22.8. The van der Waals surface area contributed by atoms with Crippen molar-refractivity contribution in [3.63, 3.8) is 0 Å². The molecule has 1 aliphatic carbocycles. The van der Waals surface area contributed by atoms with Crippen LogP contribution in [0.15, 0.2) is 0 Å². The molecule has 1 unspecified atom stereocenters. The molecule has 0 aromatic rings. The lowest BCUT2D eigenvalue weighted by Gasteiger charge is -2.50. The van der Waals surface area contributed by atoms with Gasteiger partial charge in [0, 0.05) is 6.04 Å². The molecular weight excluding hydrogens is 182 g/mol. The minimum atomic E-state index is 0.634. The average Bonchev–Trinajstić information content (AvgIpc) is 2.14. The summed E-state index contributed by atoms with van der Waals surface area (Å²) >= 11 is 0. The molecule has 0 radical (unpaired) electrons. The smallest absolute Gasteiger partial charge is 0.00104 e. The van der Waals surface area contributed by atoms with Crippen LogP contribution in [0.1, 0.15) is 60.3 Å². The minimum Gasteiger partial charge on any atom is -0.314 e. The van der Waals surface area contributed by atoms with E-state index in [2.05, 4.69) is 39.9 Å². The first kappa shape index (κ1) is 13.0. The van der Waals surface area contributed by atoms with Gasteiger partial charge in [0.15, 0.2) is 0 Å². The van der Waals surface area contributed by atoms with Crippen molar-refractivity contribution in [1.82, 2.24) is 5.32 Å². The second-order valence-electron chi connectivity index (χ2n) is 5.92. The van der Waals surface area contributed by atoms with Crippen molar-refractivity contribution < 1.29 is 0 Å². The fraction of sp³-hybridized carbons (Fsp3) is 1.00. The molecule has 0 aromatic carbocycles. The molecule has 0 spiro atoms. The Balaban J connectivity index is 2.25. The Morgan fingerprint density at radius 2 is 1.67 bits per heavy atom. The van der Waals surface area contributed by atoms with Gasteiger partial charge in [-0.05, 0) is 36.6 Å². The van der Waals surface area contributed by atoms with Gasteiger partial charge in [-0.1, -0.05) is 47.5 Å². The van der Waals surface area contributed by atoms with Crippen LogP contribution in [0.5, 0.6) is 0 Å². The highest BCUT2D eigenvalue weighted by Crippen LogP contribution is 2.53. The molecule has 1 N–H and O–H groups in total. The van der Waals surface area contributed by atoms with Gasteiger partial charge in [-0.3, -0.25) is 0 Å². The van der Waals surface area contributed by atoms with Crippen molar-refractivity contribution in [2.75, 3.05) is 6.54 Å². The van der Waals surface area contributed by atoms with E-state index in [0.717, 1.165) is 17.3 Å². The maximum Gasteiger partial charge on any atom is 0.00104 e. The van der Waals surface area contributed by atoms with Gasteiger partial charge in [0.1, 0.15) is 0 Å². The van der Waals surface area contributed by atoms with E-state index in [0.29, 0.717) is 6.04 Å². The summed E-state index contributed by atoms with van der Waals surface area (Å²) in [5, 5.41) is 3.56. The van der Waals surface area contributed by atoms with Gasteiger partial charge in [0.05, 0.1) is 0 Å². The number of hydrogen-bond donors (Lipinski definition) is 1. The molecule has 0 saturated heterocycles. The Morgan fingerprint density at radius 3 is 2.07 bits per heavy atom. The van der Waals surface area contributed by atoms with Crippen molar-refractivity contribution in [2.24, 2.45) is 17.3 Å². The third-order valence-electron chi connectivity index (χ3n) is 4.54.